The number of methoxy groups -OCH3 is 1. The van der Waals surface area contributed by atoms with E-state index in [-0.39, 0.29) is 11.8 Å². The Bertz CT molecular complexity index is 926. The SMILES string of the molecule is COc1ccc(NC(=O)c2cn(C)nc2CC2CCN(C(=O)CN3CCCC3)CC2)cc1. The predicted molar refractivity (Wildman–Crippen MR) is 123 cm³/mol. The van der Waals surface area contributed by atoms with E-state index in [1.54, 1.807) is 18.0 Å². The fourth-order valence-corrected chi connectivity index (χ4v) is 4.64. The molecule has 0 bridgehead atoms. The Labute approximate surface area is 189 Å². The first kappa shape index (κ1) is 22.3. The maximum Gasteiger partial charge on any atom is 0.259 e. The lowest BCUT2D eigenvalue weighted by Crippen LogP contribution is -2.43. The second kappa shape index (κ2) is 10.2. The molecule has 0 radical (unpaired) electrons. The molecule has 0 aliphatic carbocycles. The van der Waals surface area contributed by atoms with Crippen molar-refractivity contribution in [2.75, 3.05) is 45.2 Å². The third-order valence-corrected chi connectivity index (χ3v) is 6.50. The molecule has 2 fully saturated rings. The van der Waals surface area contributed by atoms with Crippen molar-refractivity contribution >= 4 is 17.5 Å². The summed E-state index contributed by atoms with van der Waals surface area (Å²) in [5.41, 5.74) is 2.15. The van der Waals surface area contributed by atoms with E-state index in [0.717, 1.165) is 62.6 Å². The number of benzene rings is 1. The topological polar surface area (TPSA) is 79.7 Å². The Balaban J connectivity index is 1.32. The molecule has 32 heavy (non-hydrogen) atoms. The fourth-order valence-electron chi connectivity index (χ4n) is 4.64. The van der Waals surface area contributed by atoms with Gasteiger partial charge in [-0.05, 0) is 75.4 Å². The number of nitrogens with one attached hydrogen (secondary N) is 1. The quantitative estimate of drug-likeness (QED) is 0.717. The van der Waals surface area contributed by atoms with Gasteiger partial charge in [-0.15, -0.1) is 0 Å². The van der Waals surface area contributed by atoms with Crippen LogP contribution in [0.3, 0.4) is 0 Å². The summed E-state index contributed by atoms with van der Waals surface area (Å²) in [5, 5.41) is 7.52. The van der Waals surface area contributed by atoms with Crippen molar-refractivity contribution in [1.29, 1.82) is 0 Å². The highest BCUT2D eigenvalue weighted by Crippen LogP contribution is 2.24. The van der Waals surface area contributed by atoms with Crippen molar-refractivity contribution in [3.63, 3.8) is 0 Å². The van der Waals surface area contributed by atoms with Crippen LogP contribution in [0.5, 0.6) is 5.75 Å². The van der Waals surface area contributed by atoms with Crippen LogP contribution < -0.4 is 10.1 Å². The molecular formula is C24H33N5O3. The number of carbonyl (C=O) groups is 2. The van der Waals surface area contributed by atoms with Crippen LogP contribution in [0.25, 0.3) is 0 Å². The summed E-state index contributed by atoms with van der Waals surface area (Å²) < 4.78 is 6.87. The fraction of sp³-hybridized carbons (Fsp3) is 0.542. The zero-order valence-corrected chi connectivity index (χ0v) is 19.0. The van der Waals surface area contributed by atoms with Gasteiger partial charge in [-0.1, -0.05) is 0 Å². The maximum atomic E-state index is 12.9. The predicted octanol–water partition coefficient (Wildman–Crippen LogP) is 2.56. The summed E-state index contributed by atoms with van der Waals surface area (Å²) >= 11 is 0. The van der Waals surface area contributed by atoms with E-state index in [0.29, 0.717) is 18.0 Å². The highest BCUT2D eigenvalue weighted by molar-refractivity contribution is 6.05. The molecule has 2 aliphatic heterocycles. The van der Waals surface area contributed by atoms with Gasteiger partial charge in [0, 0.05) is 32.0 Å². The largest absolute Gasteiger partial charge is 0.497 e. The van der Waals surface area contributed by atoms with E-state index in [1.165, 1.54) is 12.8 Å². The van der Waals surface area contributed by atoms with Crippen LogP contribution in [0.1, 0.15) is 41.7 Å². The standard InChI is InChI=1S/C24H33N5O3/c1-27-16-21(24(31)25-19-5-7-20(32-2)8-6-19)22(26-27)15-18-9-13-29(14-10-18)23(30)17-28-11-3-4-12-28/h5-8,16,18H,3-4,9-15,17H2,1-2H3,(H,25,31). The molecule has 172 valence electrons. The summed E-state index contributed by atoms with van der Waals surface area (Å²) in [6.07, 6.45) is 6.83. The van der Waals surface area contributed by atoms with Crippen LogP contribution in [0, 0.1) is 5.92 Å². The number of piperidine rings is 1. The molecule has 4 rings (SSSR count). The molecule has 2 aromatic rings. The number of amides is 2. The second-order valence-corrected chi connectivity index (χ2v) is 8.86. The van der Waals surface area contributed by atoms with Gasteiger partial charge in [0.25, 0.3) is 5.91 Å². The van der Waals surface area contributed by atoms with Crippen LogP contribution >= 0.6 is 0 Å². The van der Waals surface area contributed by atoms with Gasteiger partial charge < -0.3 is 15.0 Å². The summed E-state index contributed by atoms with van der Waals surface area (Å²) in [6.45, 7) is 4.22. The van der Waals surface area contributed by atoms with Crippen molar-refractivity contribution in [3.05, 3.63) is 41.7 Å². The number of anilines is 1. The molecule has 1 aromatic carbocycles. The Morgan fingerprint density at radius 3 is 2.44 bits per heavy atom. The molecule has 0 unspecified atom stereocenters. The Hall–Kier alpha value is -2.87. The van der Waals surface area contributed by atoms with Gasteiger partial charge in [0.05, 0.1) is 24.9 Å². The maximum absolute atomic E-state index is 12.9. The van der Waals surface area contributed by atoms with Crippen LogP contribution in [0.2, 0.25) is 0 Å². The molecular weight excluding hydrogens is 406 g/mol. The monoisotopic (exact) mass is 439 g/mol. The molecule has 2 amide bonds. The van der Waals surface area contributed by atoms with Crippen LogP contribution in [-0.4, -0.2) is 71.2 Å². The van der Waals surface area contributed by atoms with E-state index in [1.807, 2.05) is 36.2 Å². The summed E-state index contributed by atoms with van der Waals surface area (Å²) in [5.74, 6) is 1.27. The van der Waals surface area contributed by atoms with Crippen LogP contribution in [-0.2, 0) is 18.3 Å². The van der Waals surface area contributed by atoms with E-state index >= 15 is 0 Å². The lowest BCUT2D eigenvalue weighted by molar-refractivity contribution is -0.133. The first-order valence-electron chi connectivity index (χ1n) is 11.5. The molecule has 0 spiro atoms. The lowest BCUT2D eigenvalue weighted by atomic mass is 9.91. The number of likely N-dealkylation sites (tertiary alicyclic amines) is 2. The number of hydrogen-bond acceptors (Lipinski definition) is 5. The van der Waals surface area contributed by atoms with Gasteiger partial charge in [0.1, 0.15) is 5.75 Å². The molecule has 0 atom stereocenters. The Kier molecular flexibility index (Phi) is 7.09. The van der Waals surface area contributed by atoms with Gasteiger partial charge in [-0.2, -0.15) is 5.10 Å². The first-order valence-corrected chi connectivity index (χ1v) is 11.5. The molecule has 2 saturated heterocycles. The molecule has 1 N–H and O–H groups in total. The smallest absolute Gasteiger partial charge is 0.259 e. The van der Waals surface area contributed by atoms with Crippen molar-refractivity contribution in [2.45, 2.75) is 32.1 Å². The zero-order valence-electron chi connectivity index (χ0n) is 19.0. The van der Waals surface area contributed by atoms with Gasteiger partial charge in [0.2, 0.25) is 5.91 Å². The van der Waals surface area contributed by atoms with Crippen molar-refractivity contribution < 1.29 is 14.3 Å². The third-order valence-electron chi connectivity index (χ3n) is 6.50. The average molecular weight is 440 g/mol. The Morgan fingerprint density at radius 2 is 1.78 bits per heavy atom. The second-order valence-electron chi connectivity index (χ2n) is 8.86. The molecule has 8 nitrogen and oxygen atoms in total. The summed E-state index contributed by atoms with van der Waals surface area (Å²) in [6, 6.07) is 7.28. The van der Waals surface area contributed by atoms with Crippen molar-refractivity contribution in [1.82, 2.24) is 19.6 Å². The number of nitrogens with zero attached hydrogens (tertiary/aromatic N) is 4. The normalized spacial score (nSPS) is 17.5. The Morgan fingerprint density at radius 1 is 1.09 bits per heavy atom. The highest BCUT2D eigenvalue weighted by atomic mass is 16.5. The molecule has 3 heterocycles. The van der Waals surface area contributed by atoms with Crippen LogP contribution in [0.15, 0.2) is 30.5 Å². The lowest BCUT2D eigenvalue weighted by Gasteiger charge is -2.33. The van der Waals surface area contributed by atoms with Gasteiger partial charge in [0.15, 0.2) is 0 Å². The number of rotatable bonds is 7. The van der Waals surface area contributed by atoms with Gasteiger partial charge in [-0.3, -0.25) is 19.2 Å². The minimum atomic E-state index is -0.156. The summed E-state index contributed by atoms with van der Waals surface area (Å²) in [4.78, 5) is 29.7. The van der Waals surface area contributed by atoms with E-state index < -0.39 is 0 Å². The molecule has 2 aliphatic rings. The van der Waals surface area contributed by atoms with Gasteiger partial charge >= 0.3 is 0 Å². The minimum absolute atomic E-state index is 0.156. The minimum Gasteiger partial charge on any atom is -0.497 e. The molecule has 0 saturated carbocycles. The number of carbonyl (C=O) groups excluding carboxylic acids is 2. The highest BCUT2D eigenvalue weighted by Gasteiger charge is 2.27. The zero-order chi connectivity index (χ0) is 22.5. The number of hydrogen-bond donors (Lipinski definition) is 1. The molecule has 1 aromatic heterocycles. The number of aryl methyl sites for hydroxylation is 1. The average Bonchev–Trinajstić information content (AvgIpc) is 3.44. The number of aromatic nitrogens is 2. The first-order chi connectivity index (χ1) is 15.5. The van der Waals surface area contributed by atoms with E-state index in [2.05, 4.69) is 15.3 Å². The van der Waals surface area contributed by atoms with E-state index in [4.69, 9.17) is 4.74 Å². The number of ether oxygens (including phenoxy) is 1. The molecule has 8 heteroatoms. The van der Waals surface area contributed by atoms with Crippen molar-refractivity contribution in [2.24, 2.45) is 13.0 Å². The van der Waals surface area contributed by atoms with Crippen molar-refractivity contribution in [3.8, 4) is 5.75 Å². The van der Waals surface area contributed by atoms with Gasteiger partial charge in [-0.25, -0.2) is 0 Å². The summed E-state index contributed by atoms with van der Waals surface area (Å²) in [7, 11) is 3.46. The van der Waals surface area contributed by atoms with E-state index in [9.17, 15) is 9.59 Å². The van der Waals surface area contributed by atoms with Crippen LogP contribution in [0.4, 0.5) is 5.69 Å². The third kappa shape index (κ3) is 5.48.